The van der Waals surface area contributed by atoms with Crippen LogP contribution in [-0.2, 0) is 22.5 Å². The Morgan fingerprint density at radius 2 is 1.93 bits per heavy atom. The number of hydrogen-bond acceptors (Lipinski definition) is 3. The van der Waals surface area contributed by atoms with E-state index in [2.05, 4.69) is 16.5 Å². The third-order valence-electron chi connectivity index (χ3n) is 7.35. The molecule has 4 heteroatoms. The fraction of sp³-hybridized carbons (Fsp3) is 0.739. The molecule has 4 aliphatic carbocycles. The number of carbonyl (C=O) groups excluding carboxylic acids is 1. The number of methoxy groups -OCH3 is 1. The molecule has 0 saturated heterocycles. The molecule has 4 fully saturated rings. The zero-order chi connectivity index (χ0) is 18.9. The lowest BCUT2D eigenvalue weighted by Gasteiger charge is -2.57. The number of esters is 1. The van der Waals surface area contributed by atoms with Gasteiger partial charge in [-0.15, -0.1) is 0 Å². The zero-order valence-electron chi connectivity index (χ0n) is 17.0. The zero-order valence-corrected chi connectivity index (χ0v) is 17.0. The minimum Gasteiger partial charge on any atom is -0.466 e. The average Bonchev–Trinajstić information content (AvgIpc) is 3.03. The van der Waals surface area contributed by atoms with Crippen LogP contribution in [0.25, 0.3) is 6.08 Å². The van der Waals surface area contributed by atoms with Crippen LogP contribution in [0.2, 0.25) is 0 Å². The Kier molecular flexibility index (Phi) is 5.43. The largest absolute Gasteiger partial charge is 0.466 e. The van der Waals surface area contributed by atoms with Gasteiger partial charge in [0.2, 0.25) is 0 Å². The van der Waals surface area contributed by atoms with E-state index in [0.29, 0.717) is 5.41 Å². The average molecular weight is 371 g/mol. The SMILES string of the molecule is CCCCc1ncc(/C=C/C(=O)OC)n1CCC12CC3CC(CC(C3)C1)C2. The number of carbonyl (C=O) groups is 1. The van der Waals surface area contributed by atoms with E-state index in [1.807, 2.05) is 12.3 Å². The lowest BCUT2D eigenvalue weighted by molar-refractivity contribution is -0.134. The molecule has 1 heterocycles. The summed E-state index contributed by atoms with van der Waals surface area (Å²) in [6.07, 6.45) is 18.8. The van der Waals surface area contributed by atoms with Gasteiger partial charge in [-0.25, -0.2) is 9.78 Å². The minimum atomic E-state index is -0.307. The van der Waals surface area contributed by atoms with Gasteiger partial charge >= 0.3 is 5.97 Å². The third kappa shape index (κ3) is 4.00. The van der Waals surface area contributed by atoms with Gasteiger partial charge in [-0.1, -0.05) is 13.3 Å². The van der Waals surface area contributed by atoms with Gasteiger partial charge in [0.25, 0.3) is 0 Å². The van der Waals surface area contributed by atoms with E-state index >= 15 is 0 Å². The number of aryl methyl sites for hydroxylation is 1. The lowest BCUT2D eigenvalue weighted by atomic mass is 9.49. The lowest BCUT2D eigenvalue weighted by Crippen LogP contribution is -2.46. The quantitative estimate of drug-likeness (QED) is 0.477. The van der Waals surface area contributed by atoms with Crippen LogP contribution >= 0.6 is 0 Å². The minimum absolute atomic E-state index is 0.307. The second-order valence-electron chi connectivity index (χ2n) is 9.38. The van der Waals surface area contributed by atoms with Gasteiger partial charge in [0.15, 0.2) is 0 Å². The molecule has 0 spiro atoms. The maximum absolute atomic E-state index is 11.5. The summed E-state index contributed by atoms with van der Waals surface area (Å²) in [7, 11) is 1.42. The number of rotatable bonds is 8. The molecule has 1 aromatic rings. The van der Waals surface area contributed by atoms with Crippen LogP contribution in [0.4, 0.5) is 0 Å². The molecular weight excluding hydrogens is 336 g/mol. The van der Waals surface area contributed by atoms with Gasteiger partial charge in [-0.05, 0) is 80.6 Å². The van der Waals surface area contributed by atoms with Gasteiger partial charge in [0.1, 0.15) is 5.82 Å². The van der Waals surface area contributed by atoms with Crippen molar-refractivity contribution in [2.45, 2.75) is 77.7 Å². The van der Waals surface area contributed by atoms with Crippen LogP contribution in [0.3, 0.4) is 0 Å². The normalized spacial score (nSPS) is 31.7. The molecule has 0 aliphatic heterocycles. The number of unbranched alkanes of at least 4 members (excludes halogenated alkanes) is 1. The molecule has 4 nitrogen and oxygen atoms in total. The van der Waals surface area contributed by atoms with Crippen molar-refractivity contribution in [1.82, 2.24) is 9.55 Å². The van der Waals surface area contributed by atoms with Crippen LogP contribution in [0, 0.1) is 23.2 Å². The standard InChI is InChI=1S/C23H34N2O2/c1-3-4-5-21-24-16-20(6-7-22(26)27-2)25(21)9-8-23-13-17-10-18(14-23)12-19(11-17)15-23/h6-7,16-19H,3-5,8-15H2,1-2H3/b7-6+. The van der Waals surface area contributed by atoms with Gasteiger partial charge in [0, 0.05) is 19.0 Å². The molecule has 0 aromatic carbocycles. The second-order valence-corrected chi connectivity index (χ2v) is 9.38. The molecule has 0 amide bonds. The highest BCUT2D eigenvalue weighted by Gasteiger charge is 2.50. The molecule has 1 aromatic heterocycles. The summed E-state index contributed by atoms with van der Waals surface area (Å²) in [5.41, 5.74) is 1.61. The maximum atomic E-state index is 11.5. The fourth-order valence-electron chi connectivity index (χ4n) is 6.52. The predicted octanol–water partition coefficient (Wildman–Crippen LogP) is 5.02. The molecule has 4 aliphatic rings. The first-order chi connectivity index (χ1) is 13.1. The van der Waals surface area contributed by atoms with Gasteiger partial charge in [0.05, 0.1) is 19.0 Å². The Morgan fingerprint density at radius 1 is 1.26 bits per heavy atom. The van der Waals surface area contributed by atoms with Crippen molar-refractivity contribution in [3.63, 3.8) is 0 Å². The van der Waals surface area contributed by atoms with Crippen molar-refractivity contribution in [2.75, 3.05) is 7.11 Å². The van der Waals surface area contributed by atoms with Crippen molar-refractivity contribution in [3.8, 4) is 0 Å². The monoisotopic (exact) mass is 370 g/mol. The molecular formula is C23H34N2O2. The van der Waals surface area contributed by atoms with Crippen molar-refractivity contribution in [2.24, 2.45) is 23.2 Å². The van der Waals surface area contributed by atoms with E-state index in [-0.39, 0.29) is 5.97 Å². The highest BCUT2D eigenvalue weighted by molar-refractivity contribution is 5.86. The van der Waals surface area contributed by atoms with Crippen molar-refractivity contribution >= 4 is 12.0 Å². The van der Waals surface area contributed by atoms with E-state index in [1.54, 1.807) is 0 Å². The van der Waals surface area contributed by atoms with Crippen LogP contribution < -0.4 is 0 Å². The summed E-state index contributed by atoms with van der Waals surface area (Å²) in [6.45, 7) is 3.26. The Morgan fingerprint density at radius 3 is 2.52 bits per heavy atom. The van der Waals surface area contributed by atoms with Gasteiger partial charge < -0.3 is 9.30 Å². The van der Waals surface area contributed by atoms with E-state index < -0.39 is 0 Å². The summed E-state index contributed by atoms with van der Waals surface area (Å²) in [5.74, 6) is 3.86. The second kappa shape index (κ2) is 7.81. The predicted molar refractivity (Wildman–Crippen MR) is 107 cm³/mol. The smallest absolute Gasteiger partial charge is 0.330 e. The fourth-order valence-corrected chi connectivity index (χ4v) is 6.52. The summed E-state index contributed by atoms with van der Waals surface area (Å²) in [6, 6.07) is 0. The number of aromatic nitrogens is 2. The molecule has 4 saturated carbocycles. The van der Waals surface area contributed by atoms with E-state index in [1.165, 1.54) is 70.4 Å². The number of hydrogen-bond donors (Lipinski definition) is 0. The summed E-state index contributed by atoms with van der Waals surface area (Å²) >= 11 is 0. The number of nitrogens with zero attached hydrogens (tertiary/aromatic N) is 2. The van der Waals surface area contributed by atoms with E-state index in [4.69, 9.17) is 4.74 Å². The Labute approximate surface area is 163 Å². The Bertz CT molecular complexity index is 668. The molecule has 0 atom stereocenters. The Balaban J connectivity index is 1.50. The summed E-state index contributed by atoms with van der Waals surface area (Å²) < 4.78 is 7.12. The van der Waals surface area contributed by atoms with Crippen LogP contribution in [0.15, 0.2) is 12.3 Å². The first-order valence-corrected chi connectivity index (χ1v) is 10.9. The number of imidazole rings is 1. The summed E-state index contributed by atoms with van der Waals surface area (Å²) in [5, 5.41) is 0. The maximum Gasteiger partial charge on any atom is 0.330 e. The number of ether oxygens (including phenoxy) is 1. The van der Waals surface area contributed by atoms with Gasteiger partial charge in [-0.3, -0.25) is 0 Å². The Hall–Kier alpha value is -1.58. The molecule has 148 valence electrons. The van der Waals surface area contributed by atoms with Crippen molar-refractivity contribution in [1.29, 1.82) is 0 Å². The first-order valence-electron chi connectivity index (χ1n) is 10.9. The van der Waals surface area contributed by atoms with Crippen LogP contribution in [0.5, 0.6) is 0 Å². The molecule has 0 radical (unpaired) electrons. The molecule has 0 unspecified atom stereocenters. The van der Waals surface area contributed by atoms with Crippen molar-refractivity contribution in [3.05, 3.63) is 23.8 Å². The topological polar surface area (TPSA) is 44.1 Å². The highest BCUT2D eigenvalue weighted by atomic mass is 16.5. The van der Waals surface area contributed by atoms with Crippen LogP contribution in [-0.4, -0.2) is 22.6 Å². The van der Waals surface area contributed by atoms with Crippen molar-refractivity contribution < 1.29 is 9.53 Å². The molecule has 0 N–H and O–H groups in total. The third-order valence-corrected chi connectivity index (χ3v) is 7.35. The van der Waals surface area contributed by atoms with Crippen LogP contribution in [0.1, 0.15) is 76.2 Å². The summed E-state index contributed by atoms with van der Waals surface area (Å²) in [4.78, 5) is 16.2. The highest BCUT2D eigenvalue weighted by Crippen LogP contribution is 2.61. The van der Waals surface area contributed by atoms with Gasteiger partial charge in [-0.2, -0.15) is 0 Å². The molecule has 27 heavy (non-hydrogen) atoms. The molecule has 5 rings (SSSR count). The molecule has 4 bridgehead atoms. The first kappa shape index (κ1) is 18.8. The van der Waals surface area contributed by atoms with E-state index in [9.17, 15) is 4.79 Å². The van der Waals surface area contributed by atoms with E-state index in [0.717, 1.165) is 42.8 Å².